The number of unbranched alkanes of at least 4 members (excludes halogenated alkanes) is 1. The maximum Gasteiger partial charge on any atom is 0.243 e. The number of hydrogen-bond acceptors (Lipinski definition) is 9. The molecule has 0 aliphatic rings. The van der Waals surface area contributed by atoms with Crippen LogP contribution in [0.15, 0.2) is 55.5 Å². The molecule has 0 aliphatic heterocycles. The molecule has 7 amide bonds. The Kier molecular flexibility index (Phi) is 18.9. The lowest BCUT2D eigenvalue weighted by Gasteiger charge is -2.26. The summed E-state index contributed by atoms with van der Waals surface area (Å²) in [6, 6.07) is 1.93. The van der Waals surface area contributed by atoms with E-state index in [1.807, 2.05) is 24.3 Å². The molecule has 0 aliphatic carbocycles. The van der Waals surface area contributed by atoms with E-state index in [-0.39, 0.29) is 31.2 Å². The highest BCUT2D eigenvalue weighted by Crippen LogP contribution is 2.20. The maximum absolute atomic E-state index is 14.0. The minimum atomic E-state index is -1.19. The number of fused-ring (bicyclic) bond motifs is 1. The molecule has 19 nitrogen and oxygen atoms in total. The number of carbonyl (C=O) groups is 7. The SMILES string of the molecule is CCCCC(CC(C)C)NC(=O)[C@H](Cc1cnc[nH]1)NC(=O)CNC(=O)[C@@H](NC(=O)[C@H](C)NC(=O)[C@H](Cc1c[nH]c2ccccc12)NC(=O)[C@H](Cc1cnc[nH]1)NC(C)=O)C(C)C. The first-order valence-electron chi connectivity index (χ1n) is 21.6. The van der Waals surface area contributed by atoms with E-state index < -0.39 is 78.1 Å². The van der Waals surface area contributed by atoms with Crippen molar-refractivity contribution in [1.29, 1.82) is 0 Å². The number of rotatable bonds is 25. The predicted octanol–water partition coefficient (Wildman–Crippen LogP) is 1.60. The molecule has 4 rings (SSSR count). The van der Waals surface area contributed by atoms with Gasteiger partial charge in [0.1, 0.15) is 30.2 Å². The Hall–Kier alpha value is -6.53. The number of aromatic amines is 3. The third-order valence-corrected chi connectivity index (χ3v) is 10.5. The number of nitrogens with zero attached hydrogens (tertiary/aromatic N) is 2. The zero-order chi connectivity index (χ0) is 46.1. The number of H-pyrrole nitrogens is 3. The van der Waals surface area contributed by atoms with Crippen LogP contribution in [0.25, 0.3) is 10.9 Å². The van der Waals surface area contributed by atoms with Gasteiger partial charge in [0.05, 0.1) is 19.2 Å². The van der Waals surface area contributed by atoms with E-state index in [9.17, 15) is 33.6 Å². The number of aromatic nitrogens is 5. The van der Waals surface area contributed by atoms with Crippen LogP contribution in [0.2, 0.25) is 0 Å². The van der Waals surface area contributed by atoms with Gasteiger partial charge in [-0.3, -0.25) is 33.6 Å². The van der Waals surface area contributed by atoms with Crippen LogP contribution in [0.5, 0.6) is 0 Å². The van der Waals surface area contributed by atoms with Crippen LogP contribution in [0.1, 0.15) is 91.1 Å². The fraction of sp³-hybridized carbons (Fsp3) is 0.523. The van der Waals surface area contributed by atoms with Gasteiger partial charge in [-0.2, -0.15) is 0 Å². The number of hydrogen-bond donors (Lipinski definition) is 10. The van der Waals surface area contributed by atoms with Gasteiger partial charge in [-0.05, 0) is 43.2 Å². The van der Waals surface area contributed by atoms with Gasteiger partial charge < -0.3 is 52.2 Å². The van der Waals surface area contributed by atoms with E-state index in [1.54, 1.807) is 26.2 Å². The van der Waals surface area contributed by atoms with Crippen LogP contribution in [0.3, 0.4) is 0 Å². The average Bonchev–Trinajstić information content (AvgIpc) is 4.03. The van der Waals surface area contributed by atoms with E-state index >= 15 is 0 Å². The van der Waals surface area contributed by atoms with Gasteiger partial charge >= 0.3 is 0 Å². The molecule has 0 spiro atoms. The van der Waals surface area contributed by atoms with Crippen LogP contribution in [-0.4, -0.2) is 109 Å². The Balaban J connectivity index is 1.41. The third kappa shape index (κ3) is 15.7. The normalized spacial score (nSPS) is 14.2. The Morgan fingerprint density at radius 3 is 1.86 bits per heavy atom. The van der Waals surface area contributed by atoms with E-state index in [4.69, 9.17) is 0 Å². The predicted molar refractivity (Wildman–Crippen MR) is 236 cm³/mol. The molecule has 0 saturated carbocycles. The summed E-state index contributed by atoms with van der Waals surface area (Å²) in [6.07, 6.45) is 11.5. The Morgan fingerprint density at radius 1 is 0.667 bits per heavy atom. The second-order valence-corrected chi connectivity index (χ2v) is 16.7. The van der Waals surface area contributed by atoms with Crippen LogP contribution in [0, 0.1) is 11.8 Å². The van der Waals surface area contributed by atoms with Crippen LogP contribution >= 0.6 is 0 Å². The molecular formula is C44H64N12O7. The van der Waals surface area contributed by atoms with Gasteiger partial charge in [-0.15, -0.1) is 0 Å². The molecule has 19 heteroatoms. The lowest BCUT2D eigenvalue weighted by Crippen LogP contribution is -2.59. The smallest absolute Gasteiger partial charge is 0.243 e. The van der Waals surface area contributed by atoms with Crippen molar-refractivity contribution in [3.63, 3.8) is 0 Å². The van der Waals surface area contributed by atoms with Crippen molar-refractivity contribution < 1.29 is 33.6 Å². The second kappa shape index (κ2) is 24.2. The lowest BCUT2D eigenvalue weighted by molar-refractivity contribution is -0.135. The quantitative estimate of drug-likeness (QED) is 0.0463. The first-order valence-corrected chi connectivity index (χ1v) is 21.6. The molecule has 10 N–H and O–H groups in total. The third-order valence-electron chi connectivity index (χ3n) is 10.5. The summed E-state index contributed by atoms with van der Waals surface area (Å²) < 4.78 is 0. The Morgan fingerprint density at radius 2 is 1.27 bits per heavy atom. The summed E-state index contributed by atoms with van der Waals surface area (Å²) in [6.45, 7) is 11.9. The minimum absolute atomic E-state index is 0.0354. The van der Waals surface area contributed by atoms with Gasteiger partial charge in [0.25, 0.3) is 0 Å². The van der Waals surface area contributed by atoms with Crippen molar-refractivity contribution in [2.24, 2.45) is 11.8 Å². The van der Waals surface area contributed by atoms with Gasteiger partial charge in [0, 0.05) is 73.1 Å². The number of benzene rings is 1. The standard InChI is InChI=1S/C44H64N12O7/c1-8-9-12-30(15-25(2)3)53-42(61)37(18-32-21-46-24-50-32)54-38(58)22-48-44(63)39(26(4)5)56-40(59)27(6)51-41(60)35(16-29-19-47-34-14-11-10-13-33(29)34)55-43(62)36(52-28(7)57)17-31-20-45-23-49-31/h10-11,13-14,19-21,23-27,30,35-37,39,47H,8-9,12,15-18,22H2,1-7H3,(H,45,49)(H,46,50)(H,48,63)(H,51,60)(H,52,57)(H,53,61)(H,54,58)(H,55,62)(H,56,59)/t27-,30?,35-,36-,37-,39-/m0/s1. The molecule has 3 heterocycles. The number of carbonyl (C=O) groups excluding carboxylic acids is 7. The van der Waals surface area contributed by atoms with Crippen molar-refractivity contribution in [2.75, 3.05) is 6.54 Å². The molecular weight excluding hydrogens is 809 g/mol. The number of amides is 7. The van der Waals surface area contributed by atoms with Crippen LogP contribution in [0.4, 0.5) is 0 Å². The summed E-state index contributed by atoms with van der Waals surface area (Å²) >= 11 is 0. The van der Waals surface area contributed by atoms with Gasteiger partial charge in [-0.25, -0.2) is 9.97 Å². The van der Waals surface area contributed by atoms with Gasteiger partial charge in [0.15, 0.2) is 0 Å². The van der Waals surface area contributed by atoms with Crippen LogP contribution in [-0.2, 0) is 52.8 Å². The summed E-state index contributed by atoms with van der Waals surface area (Å²) in [4.78, 5) is 111. The summed E-state index contributed by atoms with van der Waals surface area (Å²) in [5.74, 6) is -4.15. The lowest BCUT2D eigenvalue weighted by atomic mass is 9.98. The molecule has 63 heavy (non-hydrogen) atoms. The van der Waals surface area contributed by atoms with Crippen molar-refractivity contribution in [2.45, 2.75) is 130 Å². The number of para-hydroxylation sites is 1. The zero-order valence-electron chi connectivity index (χ0n) is 37.2. The Labute approximate surface area is 367 Å². The molecule has 1 unspecified atom stereocenters. The topological polar surface area (TPSA) is 277 Å². The highest BCUT2D eigenvalue weighted by molar-refractivity contribution is 5.97. The molecule has 3 aromatic heterocycles. The van der Waals surface area contributed by atoms with Crippen LogP contribution < -0.4 is 37.2 Å². The molecule has 4 aromatic rings. The van der Waals surface area contributed by atoms with Gasteiger partial charge in [0.2, 0.25) is 41.4 Å². The second-order valence-electron chi connectivity index (χ2n) is 16.7. The zero-order valence-corrected chi connectivity index (χ0v) is 37.2. The summed E-state index contributed by atoms with van der Waals surface area (Å²) in [7, 11) is 0. The number of imidazole rings is 2. The first-order chi connectivity index (χ1) is 30.0. The highest BCUT2D eigenvalue weighted by atomic mass is 16.2. The van der Waals surface area contributed by atoms with E-state index in [0.29, 0.717) is 17.3 Å². The monoisotopic (exact) mass is 873 g/mol. The largest absolute Gasteiger partial charge is 0.361 e. The molecule has 0 bridgehead atoms. The van der Waals surface area contributed by atoms with Crippen molar-refractivity contribution in [1.82, 2.24) is 62.1 Å². The molecule has 342 valence electrons. The fourth-order valence-electron chi connectivity index (χ4n) is 7.18. The first kappa shape index (κ1) is 49.1. The number of nitrogens with one attached hydrogen (secondary N) is 10. The fourth-order valence-corrected chi connectivity index (χ4v) is 7.18. The molecule has 0 radical (unpaired) electrons. The molecule has 0 saturated heterocycles. The summed E-state index contributed by atoms with van der Waals surface area (Å²) in [5.41, 5.74) is 2.78. The molecule has 0 fully saturated rings. The Bertz CT molecular complexity index is 2120. The van der Waals surface area contributed by atoms with E-state index in [1.165, 1.54) is 32.7 Å². The highest BCUT2D eigenvalue weighted by Gasteiger charge is 2.32. The van der Waals surface area contributed by atoms with E-state index in [2.05, 4.69) is 82.9 Å². The summed E-state index contributed by atoms with van der Waals surface area (Å²) in [5, 5.41) is 20.0. The van der Waals surface area contributed by atoms with Crippen molar-refractivity contribution >= 4 is 52.3 Å². The van der Waals surface area contributed by atoms with E-state index in [0.717, 1.165) is 42.1 Å². The van der Waals surface area contributed by atoms with Crippen molar-refractivity contribution in [3.05, 3.63) is 72.5 Å². The maximum atomic E-state index is 14.0. The van der Waals surface area contributed by atoms with Crippen molar-refractivity contribution in [3.8, 4) is 0 Å². The minimum Gasteiger partial charge on any atom is -0.361 e. The average molecular weight is 873 g/mol. The molecule has 6 atom stereocenters. The molecule has 1 aromatic carbocycles. The van der Waals surface area contributed by atoms with Gasteiger partial charge in [-0.1, -0.05) is 65.7 Å².